The van der Waals surface area contributed by atoms with Gasteiger partial charge in [-0.2, -0.15) is 15.0 Å². The summed E-state index contributed by atoms with van der Waals surface area (Å²) < 4.78 is 0. The van der Waals surface area contributed by atoms with Gasteiger partial charge in [-0.25, -0.2) is 4.98 Å². The predicted octanol–water partition coefficient (Wildman–Crippen LogP) is 1.94. The lowest BCUT2D eigenvalue weighted by molar-refractivity contribution is 0.989. The minimum absolute atomic E-state index is 0.155. The van der Waals surface area contributed by atoms with E-state index in [1.54, 1.807) is 18.4 Å². The highest BCUT2D eigenvalue weighted by Crippen LogP contribution is 2.12. The van der Waals surface area contributed by atoms with Gasteiger partial charge in [0.25, 0.3) is 0 Å². The van der Waals surface area contributed by atoms with Crippen molar-refractivity contribution in [2.24, 2.45) is 0 Å². The van der Waals surface area contributed by atoms with Crippen molar-refractivity contribution in [1.82, 2.24) is 19.9 Å². The Kier molecular flexibility index (Phi) is 3.70. The number of nitrogens with one attached hydrogen (secondary N) is 2. The smallest absolute Gasteiger partial charge is 0.229 e. The molecule has 17 heavy (non-hydrogen) atoms. The Morgan fingerprint density at radius 3 is 2.65 bits per heavy atom. The summed E-state index contributed by atoms with van der Waals surface area (Å²) in [5.41, 5.74) is 1.01. The molecule has 0 aliphatic rings. The molecular formula is C9H11ClN6S. The number of nitrogens with zero attached hydrogens (tertiary/aromatic N) is 4. The van der Waals surface area contributed by atoms with Crippen molar-refractivity contribution in [3.05, 3.63) is 21.4 Å². The number of anilines is 2. The van der Waals surface area contributed by atoms with Crippen LogP contribution < -0.4 is 10.6 Å². The van der Waals surface area contributed by atoms with Gasteiger partial charge in [0, 0.05) is 18.1 Å². The standard InChI is InChI=1S/C9H11ClN6S/c1-5-4-17-6(13-5)3-12-9-15-7(10)14-8(11-2)16-9/h4H,3H2,1-2H3,(H2,11,12,14,15,16). The zero-order chi connectivity index (χ0) is 12.3. The second-order valence-corrected chi connectivity index (χ2v) is 4.52. The first-order valence-electron chi connectivity index (χ1n) is 4.91. The van der Waals surface area contributed by atoms with Crippen LogP contribution in [0.3, 0.4) is 0 Å². The Morgan fingerprint density at radius 1 is 1.24 bits per heavy atom. The molecule has 90 valence electrons. The van der Waals surface area contributed by atoms with Gasteiger partial charge >= 0.3 is 0 Å². The molecule has 0 fully saturated rings. The number of thiazole rings is 1. The fraction of sp³-hybridized carbons (Fsp3) is 0.333. The summed E-state index contributed by atoms with van der Waals surface area (Å²) in [5, 5.41) is 8.99. The summed E-state index contributed by atoms with van der Waals surface area (Å²) in [6.45, 7) is 2.53. The Labute approximate surface area is 108 Å². The molecule has 8 heteroatoms. The molecule has 0 unspecified atom stereocenters. The van der Waals surface area contributed by atoms with Gasteiger partial charge in [0.05, 0.1) is 6.54 Å². The molecule has 0 aliphatic carbocycles. The molecule has 6 nitrogen and oxygen atoms in total. The number of hydrogen-bond donors (Lipinski definition) is 2. The first kappa shape index (κ1) is 12.0. The largest absolute Gasteiger partial charge is 0.357 e. The molecule has 2 aromatic rings. The van der Waals surface area contributed by atoms with Gasteiger partial charge in [0.1, 0.15) is 5.01 Å². The average Bonchev–Trinajstić information content (AvgIpc) is 2.72. The van der Waals surface area contributed by atoms with E-state index < -0.39 is 0 Å². The molecule has 0 spiro atoms. The van der Waals surface area contributed by atoms with E-state index in [9.17, 15) is 0 Å². The Balaban J connectivity index is 2.05. The van der Waals surface area contributed by atoms with E-state index in [0.717, 1.165) is 10.7 Å². The number of halogens is 1. The lowest BCUT2D eigenvalue weighted by Crippen LogP contribution is -2.07. The molecule has 0 saturated heterocycles. The fourth-order valence-electron chi connectivity index (χ4n) is 1.18. The van der Waals surface area contributed by atoms with Crippen molar-refractivity contribution in [3.63, 3.8) is 0 Å². The van der Waals surface area contributed by atoms with Gasteiger partial charge in [0.2, 0.25) is 17.2 Å². The van der Waals surface area contributed by atoms with Crippen molar-refractivity contribution in [2.45, 2.75) is 13.5 Å². The highest BCUT2D eigenvalue weighted by molar-refractivity contribution is 7.09. The third kappa shape index (κ3) is 3.24. The fourth-order valence-corrected chi connectivity index (χ4v) is 2.05. The summed E-state index contributed by atoms with van der Waals surface area (Å²) in [5.74, 6) is 0.866. The molecule has 2 heterocycles. The Hall–Kier alpha value is -1.47. The van der Waals surface area contributed by atoms with Crippen LogP contribution in [0.15, 0.2) is 5.38 Å². The van der Waals surface area contributed by atoms with Gasteiger partial charge in [0.15, 0.2) is 0 Å². The molecule has 0 amide bonds. The van der Waals surface area contributed by atoms with Crippen LogP contribution in [0, 0.1) is 6.92 Å². The summed E-state index contributed by atoms with van der Waals surface area (Å²) in [6, 6.07) is 0. The average molecular weight is 271 g/mol. The molecular weight excluding hydrogens is 260 g/mol. The highest BCUT2D eigenvalue weighted by atomic mass is 35.5. The molecule has 2 rings (SSSR count). The Morgan fingerprint density at radius 2 is 2.00 bits per heavy atom. The van der Waals surface area contributed by atoms with Crippen LogP contribution in [-0.4, -0.2) is 27.0 Å². The van der Waals surface area contributed by atoms with Crippen LogP contribution in [0.5, 0.6) is 0 Å². The summed E-state index contributed by atoms with van der Waals surface area (Å²) in [4.78, 5) is 16.3. The summed E-state index contributed by atoms with van der Waals surface area (Å²) in [7, 11) is 1.72. The SMILES string of the molecule is CNc1nc(Cl)nc(NCc2nc(C)cs2)n1. The zero-order valence-electron chi connectivity index (χ0n) is 9.36. The minimum Gasteiger partial charge on any atom is -0.357 e. The topological polar surface area (TPSA) is 75.6 Å². The van der Waals surface area contributed by atoms with Crippen LogP contribution in [0.1, 0.15) is 10.7 Å². The first-order chi connectivity index (χ1) is 8.17. The van der Waals surface area contributed by atoms with E-state index in [4.69, 9.17) is 11.6 Å². The van der Waals surface area contributed by atoms with Crippen LogP contribution in [-0.2, 0) is 6.54 Å². The second kappa shape index (κ2) is 5.24. The van der Waals surface area contributed by atoms with E-state index in [2.05, 4.69) is 30.6 Å². The van der Waals surface area contributed by atoms with Gasteiger partial charge in [-0.3, -0.25) is 0 Å². The van der Waals surface area contributed by atoms with E-state index in [0.29, 0.717) is 18.4 Å². The number of hydrogen-bond acceptors (Lipinski definition) is 7. The third-order valence-electron chi connectivity index (χ3n) is 1.90. The Bertz CT molecular complexity index is 514. The van der Waals surface area contributed by atoms with Crippen molar-refractivity contribution in [3.8, 4) is 0 Å². The van der Waals surface area contributed by atoms with Crippen molar-refractivity contribution < 1.29 is 0 Å². The number of aryl methyl sites for hydroxylation is 1. The first-order valence-corrected chi connectivity index (χ1v) is 6.17. The molecule has 0 bridgehead atoms. The lowest BCUT2D eigenvalue weighted by atomic mass is 10.6. The number of aromatic nitrogens is 4. The number of rotatable bonds is 4. The molecule has 0 aromatic carbocycles. The normalized spacial score (nSPS) is 10.3. The van der Waals surface area contributed by atoms with Gasteiger partial charge in [-0.1, -0.05) is 0 Å². The van der Waals surface area contributed by atoms with E-state index in [-0.39, 0.29) is 5.28 Å². The molecule has 2 aromatic heterocycles. The van der Waals surface area contributed by atoms with Gasteiger partial charge in [-0.05, 0) is 18.5 Å². The van der Waals surface area contributed by atoms with Crippen LogP contribution in [0.4, 0.5) is 11.9 Å². The van der Waals surface area contributed by atoms with Crippen LogP contribution in [0.25, 0.3) is 0 Å². The third-order valence-corrected chi connectivity index (χ3v) is 3.03. The van der Waals surface area contributed by atoms with Crippen molar-refractivity contribution in [1.29, 1.82) is 0 Å². The quantitative estimate of drug-likeness (QED) is 0.884. The van der Waals surface area contributed by atoms with Crippen molar-refractivity contribution in [2.75, 3.05) is 17.7 Å². The van der Waals surface area contributed by atoms with E-state index >= 15 is 0 Å². The molecule has 0 radical (unpaired) electrons. The van der Waals surface area contributed by atoms with Gasteiger partial charge < -0.3 is 10.6 Å². The highest BCUT2D eigenvalue weighted by Gasteiger charge is 2.04. The van der Waals surface area contributed by atoms with Crippen LogP contribution in [0.2, 0.25) is 5.28 Å². The monoisotopic (exact) mass is 270 g/mol. The van der Waals surface area contributed by atoms with Crippen molar-refractivity contribution >= 4 is 34.8 Å². The maximum Gasteiger partial charge on any atom is 0.229 e. The van der Waals surface area contributed by atoms with Gasteiger partial charge in [-0.15, -0.1) is 11.3 Å². The maximum atomic E-state index is 5.76. The van der Waals surface area contributed by atoms with E-state index in [1.165, 1.54) is 0 Å². The molecule has 0 saturated carbocycles. The summed E-state index contributed by atoms with van der Waals surface area (Å²) >= 11 is 7.35. The molecule has 2 N–H and O–H groups in total. The predicted molar refractivity (Wildman–Crippen MR) is 68.6 cm³/mol. The maximum absolute atomic E-state index is 5.76. The minimum atomic E-state index is 0.155. The molecule has 0 atom stereocenters. The lowest BCUT2D eigenvalue weighted by Gasteiger charge is -2.04. The summed E-state index contributed by atoms with van der Waals surface area (Å²) in [6.07, 6.45) is 0. The second-order valence-electron chi connectivity index (χ2n) is 3.24. The van der Waals surface area contributed by atoms with E-state index in [1.807, 2.05) is 12.3 Å². The zero-order valence-corrected chi connectivity index (χ0v) is 10.9. The van der Waals surface area contributed by atoms with Crippen LogP contribution >= 0.6 is 22.9 Å². The molecule has 0 aliphatic heterocycles.